The number of rotatable bonds is 3. The highest BCUT2D eigenvalue weighted by atomic mass is 35.5. The summed E-state index contributed by atoms with van der Waals surface area (Å²) in [6.07, 6.45) is 4.14. The van der Waals surface area contributed by atoms with E-state index in [2.05, 4.69) is 9.62 Å². The molecule has 1 aromatic rings. The van der Waals surface area contributed by atoms with Gasteiger partial charge < -0.3 is 0 Å². The van der Waals surface area contributed by atoms with Crippen LogP contribution in [0, 0.1) is 5.82 Å². The first-order valence-corrected chi connectivity index (χ1v) is 9.05. The minimum atomic E-state index is -3.72. The average Bonchev–Trinajstić information content (AvgIpc) is 2.81. The van der Waals surface area contributed by atoms with Gasteiger partial charge in [0.25, 0.3) is 0 Å². The molecule has 0 saturated carbocycles. The van der Waals surface area contributed by atoms with E-state index in [1.165, 1.54) is 12.5 Å². The maximum absolute atomic E-state index is 13.1. The molecule has 0 aliphatic carbocycles. The summed E-state index contributed by atoms with van der Waals surface area (Å²) in [5.74, 6) is -0.543. The Bertz CT molecular complexity index is 638. The van der Waals surface area contributed by atoms with Crippen molar-refractivity contribution in [1.82, 2.24) is 9.62 Å². The van der Waals surface area contributed by atoms with Gasteiger partial charge in [0.2, 0.25) is 10.0 Å². The van der Waals surface area contributed by atoms with Crippen molar-refractivity contribution in [3.8, 4) is 0 Å². The van der Waals surface area contributed by atoms with Crippen LogP contribution in [0.1, 0.15) is 25.7 Å². The van der Waals surface area contributed by atoms with Crippen LogP contribution in [-0.4, -0.2) is 38.5 Å². The second kappa shape index (κ2) is 5.83. The third-order valence-corrected chi connectivity index (χ3v) is 6.32. The van der Waals surface area contributed by atoms with E-state index >= 15 is 0 Å². The zero-order valence-electron chi connectivity index (χ0n) is 11.6. The van der Waals surface area contributed by atoms with Crippen LogP contribution >= 0.6 is 11.6 Å². The quantitative estimate of drug-likeness (QED) is 0.924. The highest BCUT2D eigenvalue weighted by Gasteiger charge is 2.38. The van der Waals surface area contributed by atoms with Crippen molar-refractivity contribution in [3.63, 3.8) is 0 Å². The van der Waals surface area contributed by atoms with Crippen molar-refractivity contribution in [1.29, 1.82) is 0 Å². The van der Waals surface area contributed by atoms with Crippen LogP contribution in [0.5, 0.6) is 0 Å². The zero-order chi connectivity index (χ0) is 15.0. The molecule has 4 nitrogen and oxygen atoms in total. The van der Waals surface area contributed by atoms with Gasteiger partial charge in [-0.25, -0.2) is 17.5 Å². The molecule has 2 atom stereocenters. The molecular formula is C14H18ClFN2O2S. The summed E-state index contributed by atoms with van der Waals surface area (Å²) in [7, 11) is -3.72. The first kappa shape index (κ1) is 15.2. The fourth-order valence-electron chi connectivity index (χ4n) is 3.34. The Hall–Kier alpha value is -0.690. The third kappa shape index (κ3) is 3.08. The number of nitrogens with zero attached hydrogens (tertiary/aromatic N) is 1. The lowest BCUT2D eigenvalue weighted by Crippen LogP contribution is -2.46. The van der Waals surface area contributed by atoms with Crippen LogP contribution < -0.4 is 4.72 Å². The second-order valence-electron chi connectivity index (χ2n) is 5.69. The summed E-state index contributed by atoms with van der Waals surface area (Å²) >= 11 is 5.87. The number of fused-ring (bicyclic) bond motifs is 1. The van der Waals surface area contributed by atoms with E-state index in [0.717, 1.165) is 44.5 Å². The van der Waals surface area contributed by atoms with Gasteiger partial charge in [-0.1, -0.05) is 18.0 Å². The predicted molar refractivity (Wildman–Crippen MR) is 79.3 cm³/mol. The van der Waals surface area contributed by atoms with Crippen LogP contribution in [-0.2, 0) is 10.0 Å². The Balaban J connectivity index is 1.80. The lowest BCUT2D eigenvalue weighted by Gasteiger charge is -2.32. The molecule has 116 valence electrons. The molecular weight excluding hydrogens is 315 g/mol. The van der Waals surface area contributed by atoms with E-state index in [-0.39, 0.29) is 22.0 Å². The van der Waals surface area contributed by atoms with E-state index in [1.807, 2.05) is 0 Å². The monoisotopic (exact) mass is 332 g/mol. The molecule has 2 aliphatic heterocycles. The van der Waals surface area contributed by atoms with Gasteiger partial charge in [0.05, 0.1) is 5.02 Å². The van der Waals surface area contributed by atoms with Crippen LogP contribution in [0.2, 0.25) is 5.02 Å². The van der Waals surface area contributed by atoms with Gasteiger partial charge in [-0.05, 0) is 44.0 Å². The van der Waals surface area contributed by atoms with E-state index in [4.69, 9.17) is 11.6 Å². The molecule has 21 heavy (non-hydrogen) atoms. The van der Waals surface area contributed by atoms with E-state index in [0.29, 0.717) is 0 Å². The molecule has 0 aromatic heterocycles. The normalized spacial score (nSPS) is 26.8. The van der Waals surface area contributed by atoms with Crippen molar-refractivity contribution in [2.45, 2.75) is 42.7 Å². The Kier molecular flexibility index (Phi) is 4.23. The van der Waals surface area contributed by atoms with Gasteiger partial charge in [-0.3, -0.25) is 4.90 Å². The number of hydrogen-bond donors (Lipinski definition) is 1. The van der Waals surface area contributed by atoms with Crippen LogP contribution in [0.3, 0.4) is 0 Å². The molecule has 0 amide bonds. The fraction of sp³-hybridized carbons (Fsp3) is 0.571. The lowest BCUT2D eigenvalue weighted by molar-refractivity contribution is 0.186. The minimum absolute atomic E-state index is 0.0557. The predicted octanol–water partition coefficient (Wildman–Crippen LogP) is 2.38. The molecule has 0 radical (unpaired) electrons. The van der Waals surface area contributed by atoms with E-state index in [9.17, 15) is 12.8 Å². The molecule has 1 aromatic carbocycles. The van der Waals surface area contributed by atoms with Gasteiger partial charge >= 0.3 is 0 Å². The molecule has 1 N–H and O–H groups in total. The maximum atomic E-state index is 13.1. The largest absolute Gasteiger partial charge is 0.299 e. The SMILES string of the molecule is O=S(=O)(N[C@@H]1CCN2CCCC[C@@H]12)c1ccc(F)cc1Cl. The molecule has 0 bridgehead atoms. The second-order valence-corrected chi connectivity index (χ2v) is 7.78. The Labute approximate surface area is 129 Å². The van der Waals surface area contributed by atoms with E-state index < -0.39 is 15.8 Å². The molecule has 2 aliphatic rings. The lowest BCUT2D eigenvalue weighted by atomic mass is 10.00. The summed E-state index contributed by atoms with van der Waals surface area (Å²) in [6, 6.07) is 3.54. The summed E-state index contributed by atoms with van der Waals surface area (Å²) < 4.78 is 40.7. The van der Waals surface area contributed by atoms with Gasteiger partial charge in [-0.15, -0.1) is 0 Å². The molecule has 2 fully saturated rings. The highest BCUT2D eigenvalue weighted by molar-refractivity contribution is 7.89. The van der Waals surface area contributed by atoms with Crippen molar-refractivity contribution in [3.05, 3.63) is 29.0 Å². The number of halogens is 2. The third-order valence-electron chi connectivity index (χ3n) is 4.35. The molecule has 2 saturated heterocycles. The summed E-state index contributed by atoms with van der Waals surface area (Å²) in [5.41, 5.74) is 0. The van der Waals surface area contributed by atoms with Gasteiger partial charge in [0, 0.05) is 18.6 Å². The number of benzene rings is 1. The van der Waals surface area contributed by atoms with Crippen LogP contribution in [0.15, 0.2) is 23.1 Å². The molecule has 7 heteroatoms. The minimum Gasteiger partial charge on any atom is -0.299 e. The number of sulfonamides is 1. The highest BCUT2D eigenvalue weighted by Crippen LogP contribution is 2.29. The first-order valence-electron chi connectivity index (χ1n) is 7.19. The van der Waals surface area contributed by atoms with Crippen LogP contribution in [0.4, 0.5) is 4.39 Å². The Morgan fingerprint density at radius 1 is 1.24 bits per heavy atom. The standard InChI is InChI=1S/C14H18ClFN2O2S/c15-11-9-10(16)4-5-14(11)21(19,20)17-12-6-8-18-7-2-1-3-13(12)18/h4-5,9,12-13,17H,1-3,6-8H2/t12-,13+/m1/s1. The summed E-state index contributed by atoms with van der Waals surface area (Å²) in [5, 5.41) is -0.0824. The van der Waals surface area contributed by atoms with Crippen molar-refractivity contribution in [2.24, 2.45) is 0 Å². The topological polar surface area (TPSA) is 49.4 Å². The molecule has 3 rings (SSSR count). The summed E-state index contributed by atoms with van der Waals surface area (Å²) in [6.45, 7) is 1.97. The number of nitrogens with one attached hydrogen (secondary N) is 1. The molecule has 0 spiro atoms. The van der Waals surface area contributed by atoms with Crippen LogP contribution in [0.25, 0.3) is 0 Å². The van der Waals surface area contributed by atoms with Crippen molar-refractivity contribution < 1.29 is 12.8 Å². The van der Waals surface area contributed by atoms with Gasteiger partial charge in [0.15, 0.2) is 0 Å². The van der Waals surface area contributed by atoms with Crippen molar-refractivity contribution in [2.75, 3.05) is 13.1 Å². The smallest absolute Gasteiger partial charge is 0.242 e. The fourth-order valence-corrected chi connectivity index (χ4v) is 5.18. The Morgan fingerprint density at radius 3 is 2.81 bits per heavy atom. The Morgan fingerprint density at radius 2 is 2.05 bits per heavy atom. The van der Waals surface area contributed by atoms with E-state index in [1.54, 1.807) is 0 Å². The zero-order valence-corrected chi connectivity index (χ0v) is 13.1. The number of hydrogen-bond acceptors (Lipinski definition) is 3. The number of piperidine rings is 1. The summed E-state index contributed by atoms with van der Waals surface area (Å²) in [4.78, 5) is 2.29. The van der Waals surface area contributed by atoms with Crippen molar-refractivity contribution >= 4 is 21.6 Å². The first-order chi connectivity index (χ1) is 9.97. The molecule has 2 heterocycles. The average molecular weight is 333 g/mol. The van der Waals surface area contributed by atoms with Gasteiger partial charge in [0.1, 0.15) is 10.7 Å². The maximum Gasteiger partial charge on any atom is 0.242 e. The van der Waals surface area contributed by atoms with Gasteiger partial charge in [-0.2, -0.15) is 0 Å². The molecule has 0 unspecified atom stereocenters.